The number of hydrogen-bond donors (Lipinski definition) is 1. The van der Waals surface area contributed by atoms with Gasteiger partial charge in [0, 0.05) is 50.4 Å². The lowest BCUT2D eigenvalue weighted by Crippen LogP contribution is -2.59. The molecule has 1 spiro atoms. The minimum atomic E-state index is -0.226. The van der Waals surface area contributed by atoms with Crippen molar-refractivity contribution in [2.24, 2.45) is 5.92 Å². The number of nitrogens with zero attached hydrogens (tertiary/aromatic N) is 4. The fourth-order valence-corrected chi connectivity index (χ4v) is 5.25. The summed E-state index contributed by atoms with van der Waals surface area (Å²) in [5, 5.41) is 0. The molecule has 1 saturated heterocycles. The van der Waals surface area contributed by atoms with E-state index in [1.807, 2.05) is 12.5 Å². The number of imidazole rings is 1. The number of nitrogens with one attached hydrogen (secondary N) is 1. The molecule has 1 amide bonds. The number of aromatic amines is 1. The van der Waals surface area contributed by atoms with Crippen LogP contribution in [-0.2, 0) is 29.7 Å². The van der Waals surface area contributed by atoms with Crippen molar-refractivity contribution in [3.8, 4) is 0 Å². The molecule has 29 heavy (non-hydrogen) atoms. The normalized spacial score (nSPS) is 21.8. The van der Waals surface area contributed by atoms with Crippen LogP contribution in [0.25, 0.3) is 0 Å². The van der Waals surface area contributed by atoms with Crippen LogP contribution >= 0.6 is 0 Å². The van der Waals surface area contributed by atoms with Crippen molar-refractivity contribution >= 4 is 5.91 Å². The summed E-state index contributed by atoms with van der Waals surface area (Å²) in [4.78, 5) is 30.7. The molecule has 2 aromatic rings. The van der Waals surface area contributed by atoms with E-state index in [1.165, 1.54) is 17.7 Å². The maximum absolute atomic E-state index is 13.3. The van der Waals surface area contributed by atoms with E-state index >= 15 is 0 Å². The minimum Gasteiger partial charge on any atom is -0.348 e. The number of likely N-dealkylation sites (tertiary alicyclic amines) is 1. The van der Waals surface area contributed by atoms with Crippen LogP contribution in [0.1, 0.15) is 61.7 Å². The fraction of sp³-hybridized carbons (Fsp3) is 0.609. The first kappa shape index (κ1) is 18.8. The van der Waals surface area contributed by atoms with Gasteiger partial charge in [0.15, 0.2) is 0 Å². The number of amides is 1. The predicted molar refractivity (Wildman–Crippen MR) is 111 cm³/mol. The number of hydrogen-bond acceptors (Lipinski definition) is 4. The number of aryl methyl sites for hydroxylation is 1. The second-order valence-electron chi connectivity index (χ2n) is 8.92. The Morgan fingerprint density at radius 2 is 2.03 bits per heavy atom. The average molecular weight is 394 g/mol. The first-order chi connectivity index (χ1) is 14.2. The summed E-state index contributed by atoms with van der Waals surface area (Å²) in [6.45, 7) is 5.80. The molecular formula is C23H31N5O. The number of carbonyl (C=O) groups excluding carboxylic acids is 1. The van der Waals surface area contributed by atoms with Gasteiger partial charge < -0.3 is 9.88 Å². The van der Waals surface area contributed by atoms with E-state index in [9.17, 15) is 4.79 Å². The number of fused-ring (bicyclic) bond motifs is 2. The van der Waals surface area contributed by atoms with Crippen molar-refractivity contribution < 1.29 is 4.79 Å². The molecular weight excluding hydrogens is 362 g/mol. The molecule has 0 unspecified atom stereocenters. The molecule has 4 heterocycles. The maximum atomic E-state index is 13.3. The van der Waals surface area contributed by atoms with E-state index < -0.39 is 0 Å². The fourth-order valence-electron chi connectivity index (χ4n) is 5.25. The van der Waals surface area contributed by atoms with E-state index in [-0.39, 0.29) is 11.5 Å². The molecule has 2 aromatic heterocycles. The molecule has 1 aliphatic carbocycles. The highest BCUT2D eigenvalue weighted by molar-refractivity contribution is 5.81. The summed E-state index contributed by atoms with van der Waals surface area (Å²) in [5.41, 5.74) is 4.54. The highest BCUT2D eigenvalue weighted by Gasteiger charge is 2.50. The third-order valence-electron chi connectivity index (χ3n) is 7.34. The van der Waals surface area contributed by atoms with E-state index in [2.05, 4.69) is 38.8 Å². The van der Waals surface area contributed by atoms with Gasteiger partial charge >= 0.3 is 0 Å². The van der Waals surface area contributed by atoms with Crippen molar-refractivity contribution in [3.63, 3.8) is 0 Å². The van der Waals surface area contributed by atoms with Crippen LogP contribution in [0.2, 0.25) is 0 Å². The summed E-state index contributed by atoms with van der Waals surface area (Å²) < 4.78 is 0. The zero-order chi connectivity index (χ0) is 19.8. The zero-order valence-corrected chi connectivity index (χ0v) is 17.4. The summed E-state index contributed by atoms with van der Waals surface area (Å²) in [6.07, 6.45) is 11.0. The van der Waals surface area contributed by atoms with Crippen molar-refractivity contribution in [1.82, 2.24) is 24.8 Å². The molecule has 3 aliphatic rings. The van der Waals surface area contributed by atoms with Gasteiger partial charge in [0.25, 0.3) is 0 Å². The minimum absolute atomic E-state index is 0.226. The Morgan fingerprint density at radius 3 is 2.69 bits per heavy atom. The molecule has 5 rings (SSSR count). The molecule has 2 aliphatic heterocycles. The third-order valence-corrected chi connectivity index (χ3v) is 7.34. The van der Waals surface area contributed by atoms with Crippen LogP contribution in [0.3, 0.4) is 0 Å². The van der Waals surface area contributed by atoms with Gasteiger partial charge in [0.1, 0.15) is 0 Å². The molecule has 0 bridgehead atoms. The number of piperidine rings is 1. The lowest BCUT2D eigenvalue weighted by molar-refractivity contribution is -0.149. The Morgan fingerprint density at radius 1 is 1.21 bits per heavy atom. The van der Waals surface area contributed by atoms with Crippen LogP contribution in [-0.4, -0.2) is 50.3 Å². The third kappa shape index (κ3) is 3.27. The van der Waals surface area contributed by atoms with E-state index in [1.54, 1.807) is 0 Å². The van der Waals surface area contributed by atoms with E-state index in [0.717, 1.165) is 76.1 Å². The zero-order valence-electron chi connectivity index (χ0n) is 17.4. The highest BCUT2D eigenvalue weighted by Crippen LogP contribution is 2.44. The van der Waals surface area contributed by atoms with Crippen molar-refractivity contribution in [2.45, 2.75) is 64.0 Å². The lowest BCUT2D eigenvalue weighted by Gasteiger charge is -2.52. The second kappa shape index (κ2) is 7.56. The van der Waals surface area contributed by atoms with E-state index in [4.69, 9.17) is 4.98 Å². The van der Waals surface area contributed by atoms with Crippen molar-refractivity contribution in [2.75, 3.05) is 19.6 Å². The number of rotatable bonds is 4. The van der Waals surface area contributed by atoms with E-state index in [0.29, 0.717) is 5.91 Å². The summed E-state index contributed by atoms with van der Waals surface area (Å²) >= 11 is 0. The summed E-state index contributed by atoms with van der Waals surface area (Å²) in [7, 11) is 0. The van der Waals surface area contributed by atoms with Gasteiger partial charge in [-0.05, 0) is 43.7 Å². The Labute approximate surface area is 172 Å². The molecule has 6 heteroatoms. The molecule has 154 valence electrons. The first-order valence-corrected chi connectivity index (χ1v) is 11.2. The van der Waals surface area contributed by atoms with Crippen molar-refractivity contribution in [1.29, 1.82) is 0 Å². The topological polar surface area (TPSA) is 65.1 Å². The largest absolute Gasteiger partial charge is 0.348 e. The van der Waals surface area contributed by atoms with Crippen LogP contribution in [0.15, 0.2) is 24.7 Å². The maximum Gasteiger partial charge on any atom is 0.226 e. The standard InChI is InChI=1S/C23H31N5O/c1-2-17-6-7-19(24-14-17)15-27-12-9-23(10-13-27)21-20(25-16-26-21)8-11-28(23)22(29)18-4-3-5-18/h6-7,14,16,18H,2-5,8-13,15H2,1H3,(H,25,26). The van der Waals surface area contributed by atoms with Gasteiger partial charge in [0.05, 0.1) is 23.3 Å². The molecule has 1 N–H and O–H groups in total. The molecule has 2 fully saturated rings. The van der Waals surface area contributed by atoms with Gasteiger partial charge in [-0.15, -0.1) is 0 Å². The van der Waals surface area contributed by atoms with Crippen LogP contribution < -0.4 is 0 Å². The SMILES string of the molecule is CCc1ccc(CN2CCC3(CC2)c2nc[nH]c2CCN3C(=O)C2CCC2)nc1. The van der Waals surface area contributed by atoms with Gasteiger partial charge in [-0.2, -0.15) is 0 Å². The Hall–Kier alpha value is -2.21. The Kier molecular flexibility index (Phi) is 4.90. The molecule has 0 aromatic carbocycles. The van der Waals surface area contributed by atoms with Crippen LogP contribution in [0.4, 0.5) is 0 Å². The molecule has 6 nitrogen and oxygen atoms in total. The van der Waals surface area contributed by atoms with Gasteiger partial charge in [-0.25, -0.2) is 4.98 Å². The number of aromatic nitrogens is 3. The Bertz CT molecular complexity index is 862. The number of H-pyrrole nitrogens is 1. The Balaban J connectivity index is 1.34. The highest BCUT2D eigenvalue weighted by atomic mass is 16.2. The van der Waals surface area contributed by atoms with Gasteiger partial charge in [0.2, 0.25) is 5.91 Å². The van der Waals surface area contributed by atoms with Crippen LogP contribution in [0.5, 0.6) is 0 Å². The lowest BCUT2D eigenvalue weighted by atomic mass is 9.76. The van der Waals surface area contributed by atoms with Crippen molar-refractivity contribution in [3.05, 3.63) is 47.3 Å². The summed E-state index contributed by atoms with van der Waals surface area (Å²) in [6, 6.07) is 4.34. The van der Waals surface area contributed by atoms with Crippen LogP contribution in [0, 0.1) is 5.92 Å². The monoisotopic (exact) mass is 393 g/mol. The van der Waals surface area contributed by atoms with Gasteiger partial charge in [-0.1, -0.05) is 19.4 Å². The first-order valence-electron chi connectivity index (χ1n) is 11.2. The second-order valence-corrected chi connectivity index (χ2v) is 8.92. The predicted octanol–water partition coefficient (Wildman–Crippen LogP) is 3.04. The average Bonchev–Trinajstić information content (AvgIpc) is 3.19. The molecule has 1 saturated carbocycles. The summed E-state index contributed by atoms with van der Waals surface area (Å²) in [5.74, 6) is 0.613. The molecule has 0 radical (unpaired) electrons. The quantitative estimate of drug-likeness (QED) is 0.867. The molecule has 0 atom stereocenters. The number of carbonyl (C=O) groups is 1. The number of pyridine rings is 1. The smallest absolute Gasteiger partial charge is 0.226 e. The van der Waals surface area contributed by atoms with Gasteiger partial charge in [-0.3, -0.25) is 14.7 Å².